The highest BCUT2D eigenvalue weighted by Gasteiger charge is 2.20. The number of hydrogen-bond donors (Lipinski definition) is 0. The van der Waals surface area contributed by atoms with Crippen molar-refractivity contribution in [3.63, 3.8) is 0 Å². The van der Waals surface area contributed by atoms with Crippen molar-refractivity contribution in [1.29, 1.82) is 5.26 Å². The molecule has 112 valence electrons. The molecule has 0 radical (unpaired) electrons. The summed E-state index contributed by atoms with van der Waals surface area (Å²) in [6.07, 6.45) is 0.965. The molecule has 0 bridgehead atoms. The molecular formula is C14H10N2O5S. The monoisotopic (exact) mass is 318 g/mol. The number of nitriles is 1. The predicted molar refractivity (Wildman–Crippen MR) is 77.4 cm³/mol. The van der Waals surface area contributed by atoms with Crippen LogP contribution in [0.4, 0.5) is 5.69 Å². The van der Waals surface area contributed by atoms with Crippen molar-refractivity contribution >= 4 is 15.5 Å². The molecule has 0 unspecified atom stereocenters. The Bertz CT molecular complexity index is 867. The molecule has 0 aliphatic carbocycles. The normalized spacial score (nSPS) is 10.7. The lowest BCUT2D eigenvalue weighted by Gasteiger charge is -2.07. The van der Waals surface area contributed by atoms with Crippen LogP contribution in [-0.4, -0.2) is 19.6 Å². The Labute approximate surface area is 126 Å². The van der Waals surface area contributed by atoms with Gasteiger partial charge in [0.2, 0.25) is 5.75 Å². The topological polar surface area (TPSA) is 110 Å². The molecule has 0 N–H and O–H groups in total. The van der Waals surface area contributed by atoms with Crippen molar-refractivity contribution in [3.05, 3.63) is 58.1 Å². The van der Waals surface area contributed by atoms with E-state index in [0.717, 1.165) is 12.3 Å². The first-order valence-corrected chi connectivity index (χ1v) is 7.87. The first-order valence-electron chi connectivity index (χ1n) is 5.98. The highest BCUT2D eigenvalue weighted by Crippen LogP contribution is 2.33. The number of ether oxygens (including phenoxy) is 1. The fraction of sp³-hybridized carbons (Fsp3) is 0.0714. The summed E-state index contributed by atoms with van der Waals surface area (Å²) < 4.78 is 28.3. The van der Waals surface area contributed by atoms with Crippen LogP contribution in [0.1, 0.15) is 5.56 Å². The van der Waals surface area contributed by atoms with Gasteiger partial charge in [-0.25, -0.2) is 8.42 Å². The first-order chi connectivity index (χ1) is 10.3. The third-order valence-corrected chi connectivity index (χ3v) is 3.88. The zero-order chi connectivity index (χ0) is 16.3. The minimum absolute atomic E-state index is 0.0814. The molecule has 0 aliphatic rings. The van der Waals surface area contributed by atoms with E-state index in [1.807, 2.05) is 6.07 Å². The van der Waals surface area contributed by atoms with Gasteiger partial charge in [-0.2, -0.15) is 5.26 Å². The fourth-order valence-corrected chi connectivity index (χ4v) is 2.32. The van der Waals surface area contributed by atoms with E-state index in [1.54, 1.807) is 0 Å². The lowest BCUT2D eigenvalue weighted by atomic mass is 10.2. The number of hydrogen-bond acceptors (Lipinski definition) is 6. The molecule has 0 amide bonds. The molecule has 7 nitrogen and oxygen atoms in total. The summed E-state index contributed by atoms with van der Waals surface area (Å²) in [5, 5.41) is 19.8. The Morgan fingerprint density at radius 1 is 1.18 bits per heavy atom. The van der Waals surface area contributed by atoms with E-state index in [2.05, 4.69) is 0 Å². The number of nitro benzene ring substituents is 1. The molecule has 0 atom stereocenters. The number of sulfone groups is 1. The molecule has 0 spiro atoms. The van der Waals surface area contributed by atoms with Crippen LogP contribution in [0.25, 0.3) is 0 Å². The van der Waals surface area contributed by atoms with Crippen LogP contribution in [-0.2, 0) is 9.84 Å². The largest absolute Gasteiger partial charge is 0.450 e. The average molecular weight is 318 g/mol. The molecule has 22 heavy (non-hydrogen) atoms. The van der Waals surface area contributed by atoms with Gasteiger partial charge < -0.3 is 4.74 Å². The highest BCUT2D eigenvalue weighted by atomic mass is 32.2. The Morgan fingerprint density at radius 2 is 1.82 bits per heavy atom. The molecule has 2 aromatic rings. The Morgan fingerprint density at radius 3 is 2.32 bits per heavy atom. The molecule has 0 aromatic heterocycles. The van der Waals surface area contributed by atoms with Crippen molar-refractivity contribution < 1.29 is 18.1 Å². The summed E-state index contributed by atoms with van der Waals surface area (Å²) in [7, 11) is -3.55. The van der Waals surface area contributed by atoms with Crippen LogP contribution in [0.5, 0.6) is 11.5 Å². The second-order valence-corrected chi connectivity index (χ2v) is 6.41. The van der Waals surface area contributed by atoms with E-state index in [9.17, 15) is 18.5 Å². The molecular weight excluding hydrogens is 308 g/mol. The molecule has 0 fully saturated rings. The van der Waals surface area contributed by atoms with Gasteiger partial charge in [-0.1, -0.05) is 0 Å². The SMILES string of the molecule is CS(=O)(=O)c1ccc(Oc2ccc(C#N)cc2)c([N+](=O)[O-])c1. The van der Waals surface area contributed by atoms with E-state index in [-0.39, 0.29) is 10.6 Å². The quantitative estimate of drug-likeness (QED) is 0.633. The Balaban J connectivity index is 2.42. The van der Waals surface area contributed by atoms with Gasteiger partial charge in [0, 0.05) is 12.3 Å². The van der Waals surface area contributed by atoms with E-state index in [0.29, 0.717) is 11.3 Å². The van der Waals surface area contributed by atoms with Crippen molar-refractivity contribution in [2.75, 3.05) is 6.26 Å². The fourth-order valence-electron chi connectivity index (χ4n) is 1.68. The van der Waals surface area contributed by atoms with Gasteiger partial charge in [-0.15, -0.1) is 0 Å². The summed E-state index contributed by atoms with van der Waals surface area (Å²) in [6, 6.07) is 11.4. The second kappa shape index (κ2) is 5.83. The molecule has 0 saturated heterocycles. The third kappa shape index (κ3) is 3.39. The van der Waals surface area contributed by atoms with Crippen molar-refractivity contribution in [2.24, 2.45) is 0 Å². The van der Waals surface area contributed by atoms with Crippen LogP contribution >= 0.6 is 0 Å². The van der Waals surface area contributed by atoms with Crippen LogP contribution in [0.3, 0.4) is 0 Å². The maximum Gasteiger partial charge on any atom is 0.312 e. The summed E-state index contributed by atoms with van der Waals surface area (Å²) >= 11 is 0. The lowest BCUT2D eigenvalue weighted by molar-refractivity contribution is -0.385. The van der Waals surface area contributed by atoms with Gasteiger partial charge in [-0.05, 0) is 36.4 Å². The van der Waals surface area contributed by atoms with Gasteiger partial charge in [0.05, 0.1) is 21.5 Å². The van der Waals surface area contributed by atoms with Crippen LogP contribution < -0.4 is 4.74 Å². The first kappa shape index (κ1) is 15.5. The summed E-state index contributed by atoms with van der Waals surface area (Å²) in [5.74, 6) is 0.219. The zero-order valence-electron chi connectivity index (χ0n) is 11.4. The van der Waals surface area contributed by atoms with Crippen molar-refractivity contribution in [1.82, 2.24) is 0 Å². The molecule has 8 heteroatoms. The minimum Gasteiger partial charge on any atom is -0.450 e. The van der Waals surface area contributed by atoms with Gasteiger partial charge >= 0.3 is 5.69 Å². The number of rotatable bonds is 4. The van der Waals surface area contributed by atoms with E-state index in [4.69, 9.17) is 10.00 Å². The number of benzene rings is 2. The zero-order valence-corrected chi connectivity index (χ0v) is 12.2. The predicted octanol–water partition coefficient (Wildman–Crippen LogP) is 2.66. The lowest BCUT2D eigenvalue weighted by Crippen LogP contribution is -2.00. The van der Waals surface area contributed by atoms with E-state index >= 15 is 0 Å². The molecule has 0 heterocycles. The minimum atomic E-state index is -3.55. The smallest absolute Gasteiger partial charge is 0.312 e. The van der Waals surface area contributed by atoms with Crippen molar-refractivity contribution in [3.8, 4) is 17.6 Å². The molecule has 0 saturated carbocycles. The summed E-state index contributed by atoms with van der Waals surface area (Å²) in [5.41, 5.74) is -0.0263. The van der Waals surface area contributed by atoms with Crippen molar-refractivity contribution in [2.45, 2.75) is 4.90 Å². The average Bonchev–Trinajstić information content (AvgIpc) is 2.47. The third-order valence-electron chi connectivity index (χ3n) is 2.77. The van der Waals surface area contributed by atoms with Crippen LogP contribution in [0, 0.1) is 21.4 Å². The van der Waals surface area contributed by atoms with Crippen LogP contribution in [0.15, 0.2) is 47.4 Å². The maximum absolute atomic E-state index is 11.5. The van der Waals surface area contributed by atoms with Gasteiger partial charge in [0.15, 0.2) is 9.84 Å². The van der Waals surface area contributed by atoms with Crippen LogP contribution in [0.2, 0.25) is 0 Å². The van der Waals surface area contributed by atoms with Gasteiger partial charge in [0.25, 0.3) is 0 Å². The number of nitrogens with zero attached hydrogens (tertiary/aromatic N) is 2. The van der Waals surface area contributed by atoms with E-state index in [1.165, 1.54) is 36.4 Å². The molecule has 0 aliphatic heterocycles. The summed E-state index contributed by atoms with van der Waals surface area (Å²) in [4.78, 5) is 10.2. The molecule has 2 aromatic carbocycles. The Kier molecular flexibility index (Phi) is 4.10. The maximum atomic E-state index is 11.5. The standard InChI is InChI=1S/C14H10N2O5S/c1-22(19,20)12-6-7-14(13(8-12)16(17)18)21-11-4-2-10(9-15)3-5-11/h2-8H,1H3. The second-order valence-electron chi connectivity index (χ2n) is 4.40. The molecule has 2 rings (SSSR count). The van der Waals surface area contributed by atoms with Gasteiger partial charge in [-0.3, -0.25) is 10.1 Å². The number of nitro groups is 1. The summed E-state index contributed by atoms with van der Waals surface area (Å²) in [6.45, 7) is 0. The highest BCUT2D eigenvalue weighted by molar-refractivity contribution is 7.90. The van der Waals surface area contributed by atoms with Gasteiger partial charge in [0.1, 0.15) is 5.75 Å². The Hall–Kier alpha value is -2.92. The van der Waals surface area contributed by atoms with E-state index < -0.39 is 20.4 Å².